The maximum atomic E-state index is 6.56. The van der Waals surface area contributed by atoms with Crippen molar-refractivity contribution >= 4 is 23.4 Å². The van der Waals surface area contributed by atoms with Crippen LogP contribution >= 0.6 is 23.4 Å². The van der Waals surface area contributed by atoms with Gasteiger partial charge in [-0.3, -0.25) is 4.90 Å². The zero-order valence-electron chi connectivity index (χ0n) is 18.9. The van der Waals surface area contributed by atoms with Crippen LogP contribution in [0.2, 0.25) is 5.02 Å². The van der Waals surface area contributed by atoms with Crippen LogP contribution in [-0.2, 0) is 11.3 Å². The molecule has 1 fully saturated rings. The van der Waals surface area contributed by atoms with E-state index in [-0.39, 0.29) is 11.4 Å². The lowest BCUT2D eigenvalue weighted by atomic mass is 10.1. The number of morpholine rings is 1. The molecule has 172 valence electrons. The molecular weight excluding hydrogens is 460 g/mol. The summed E-state index contributed by atoms with van der Waals surface area (Å²) in [5.74, 6) is 0. The Balaban J connectivity index is 1.44. The fraction of sp³-hybridized carbons (Fsp3) is 0.207. The molecule has 0 radical (unpaired) electrons. The zero-order chi connectivity index (χ0) is 23.2. The molecule has 34 heavy (non-hydrogen) atoms. The van der Waals surface area contributed by atoms with E-state index < -0.39 is 0 Å². The largest absolute Gasteiger partial charge is 0.374 e. The lowest BCUT2D eigenvalue weighted by molar-refractivity contribution is -0.0320. The summed E-state index contributed by atoms with van der Waals surface area (Å²) in [5, 5.41) is 1.81. The van der Waals surface area contributed by atoms with Gasteiger partial charge in [0, 0.05) is 42.0 Å². The van der Waals surface area contributed by atoms with Crippen LogP contribution < -0.4 is 0 Å². The monoisotopic (exact) mass is 486 g/mol. The van der Waals surface area contributed by atoms with Crippen LogP contribution in [-0.4, -0.2) is 35.7 Å². The molecule has 3 nitrogen and oxygen atoms in total. The van der Waals surface area contributed by atoms with Crippen LogP contribution in [0.15, 0.2) is 108 Å². The maximum absolute atomic E-state index is 6.56. The van der Waals surface area contributed by atoms with Crippen molar-refractivity contribution in [2.45, 2.75) is 22.9 Å². The van der Waals surface area contributed by atoms with Crippen LogP contribution in [0.5, 0.6) is 0 Å². The molecule has 3 aromatic carbocycles. The minimum atomic E-state index is 0.0472. The van der Waals surface area contributed by atoms with Crippen molar-refractivity contribution in [3.8, 4) is 11.1 Å². The molecule has 0 saturated carbocycles. The first-order valence-corrected chi connectivity index (χ1v) is 12.8. The van der Waals surface area contributed by atoms with Gasteiger partial charge >= 0.3 is 0 Å². The predicted octanol–water partition coefficient (Wildman–Crippen LogP) is 7.14. The molecule has 1 saturated heterocycles. The quantitative estimate of drug-likeness (QED) is 0.259. The van der Waals surface area contributed by atoms with Crippen LogP contribution in [0.3, 0.4) is 0 Å². The maximum Gasteiger partial charge on any atom is 0.105 e. The van der Waals surface area contributed by atoms with Crippen molar-refractivity contribution in [2.75, 3.05) is 19.7 Å². The highest BCUT2D eigenvalue weighted by molar-refractivity contribution is 7.99. The number of benzene rings is 3. The summed E-state index contributed by atoms with van der Waals surface area (Å²) >= 11 is 8.33. The van der Waals surface area contributed by atoms with E-state index in [4.69, 9.17) is 21.3 Å². The van der Waals surface area contributed by atoms with Crippen LogP contribution in [0.4, 0.5) is 0 Å². The minimum Gasteiger partial charge on any atom is -0.374 e. The number of rotatable bonds is 7. The molecule has 0 unspecified atom stereocenters. The first kappa shape index (κ1) is 23.1. The van der Waals surface area contributed by atoms with Gasteiger partial charge in [0.1, 0.15) is 5.03 Å². The summed E-state index contributed by atoms with van der Waals surface area (Å²) in [6, 6.07) is 33.3. The Kier molecular flexibility index (Phi) is 7.62. The number of aromatic nitrogens is 1. The second kappa shape index (κ2) is 11.2. The van der Waals surface area contributed by atoms with Crippen molar-refractivity contribution < 1.29 is 4.74 Å². The van der Waals surface area contributed by atoms with E-state index in [9.17, 15) is 0 Å². The topological polar surface area (TPSA) is 25.4 Å². The van der Waals surface area contributed by atoms with Gasteiger partial charge in [0.05, 0.1) is 18.0 Å². The Hall–Kier alpha value is -2.63. The summed E-state index contributed by atoms with van der Waals surface area (Å²) in [6.45, 7) is 3.46. The van der Waals surface area contributed by atoms with Gasteiger partial charge in [-0.15, -0.1) is 0 Å². The fourth-order valence-electron chi connectivity index (χ4n) is 4.39. The highest BCUT2D eigenvalue weighted by atomic mass is 35.5. The number of pyridine rings is 1. The summed E-state index contributed by atoms with van der Waals surface area (Å²) < 4.78 is 6.39. The van der Waals surface area contributed by atoms with Crippen molar-refractivity contribution in [3.05, 3.63) is 119 Å². The number of ether oxygens (including phenoxy) is 1. The van der Waals surface area contributed by atoms with E-state index in [0.717, 1.165) is 47.4 Å². The van der Waals surface area contributed by atoms with Gasteiger partial charge in [-0.25, -0.2) is 4.98 Å². The van der Waals surface area contributed by atoms with Crippen molar-refractivity contribution in [2.24, 2.45) is 0 Å². The van der Waals surface area contributed by atoms with E-state index in [1.807, 2.05) is 30.5 Å². The lowest BCUT2D eigenvalue weighted by Gasteiger charge is -2.37. The Morgan fingerprint density at radius 2 is 1.59 bits per heavy atom. The van der Waals surface area contributed by atoms with Crippen molar-refractivity contribution in [1.82, 2.24) is 9.88 Å². The average Bonchev–Trinajstić information content (AvgIpc) is 2.89. The Morgan fingerprint density at radius 1 is 0.882 bits per heavy atom. The third kappa shape index (κ3) is 5.53. The van der Waals surface area contributed by atoms with Gasteiger partial charge in [-0.05, 0) is 23.3 Å². The molecule has 1 aliphatic heterocycles. The Bertz CT molecular complexity index is 1200. The summed E-state index contributed by atoms with van der Waals surface area (Å²) in [4.78, 5) is 7.27. The van der Waals surface area contributed by atoms with E-state index in [1.54, 1.807) is 11.8 Å². The average molecular weight is 487 g/mol. The second-order valence-corrected chi connectivity index (χ2v) is 9.95. The second-order valence-electron chi connectivity index (χ2n) is 8.42. The third-order valence-corrected chi connectivity index (χ3v) is 7.77. The minimum absolute atomic E-state index is 0.0472. The molecule has 4 aromatic rings. The van der Waals surface area contributed by atoms with Crippen molar-refractivity contribution in [1.29, 1.82) is 0 Å². The van der Waals surface area contributed by atoms with Gasteiger partial charge in [0.25, 0.3) is 0 Å². The highest BCUT2D eigenvalue weighted by Crippen LogP contribution is 2.43. The standard InChI is InChI=1S/C29H27ClN2OS/c30-26-16-8-7-14-24(26)25-15-9-17-31-29(25)34-28(23-12-5-2-6-13-23)27-21-32(18-19-33-27)20-22-10-3-1-4-11-22/h1-17,27-28H,18-21H2/t27-,28-/m0/s1. The van der Waals surface area contributed by atoms with Crippen LogP contribution in [0, 0.1) is 0 Å². The molecule has 0 N–H and O–H groups in total. The Labute approximate surface area is 210 Å². The molecule has 5 rings (SSSR count). The Morgan fingerprint density at radius 3 is 2.38 bits per heavy atom. The fourth-order valence-corrected chi connectivity index (χ4v) is 5.91. The number of thioether (sulfide) groups is 1. The van der Waals surface area contributed by atoms with Gasteiger partial charge in [-0.1, -0.05) is 108 Å². The van der Waals surface area contributed by atoms with Crippen LogP contribution in [0.25, 0.3) is 11.1 Å². The van der Waals surface area contributed by atoms with Gasteiger partial charge in [-0.2, -0.15) is 0 Å². The third-order valence-electron chi connectivity index (χ3n) is 6.07. The zero-order valence-corrected chi connectivity index (χ0v) is 20.5. The normalized spacial score (nSPS) is 17.4. The first-order valence-electron chi connectivity index (χ1n) is 11.6. The summed E-state index contributed by atoms with van der Waals surface area (Å²) in [5.41, 5.74) is 4.63. The summed E-state index contributed by atoms with van der Waals surface area (Å²) in [6.07, 6.45) is 1.90. The van der Waals surface area contributed by atoms with Crippen LogP contribution in [0.1, 0.15) is 16.4 Å². The lowest BCUT2D eigenvalue weighted by Crippen LogP contribution is -2.44. The molecule has 5 heteroatoms. The predicted molar refractivity (Wildman–Crippen MR) is 141 cm³/mol. The number of hydrogen-bond acceptors (Lipinski definition) is 4. The molecule has 0 aliphatic carbocycles. The molecule has 0 bridgehead atoms. The van der Waals surface area contributed by atoms with E-state index in [1.165, 1.54) is 11.1 Å². The molecule has 1 aromatic heterocycles. The molecule has 1 aliphatic rings. The summed E-state index contributed by atoms with van der Waals surface area (Å²) in [7, 11) is 0. The molecular formula is C29H27ClN2OS. The van der Waals surface area contributed by atoms with E-state index in [0.29, 0.717) is 0 Å². The highest BCUT2D eigenvalue weighted by Gasteiger charge is 2.31. The number of hydrogen-bond donors (Lipinski definition) is 0. The first-order chi connectivity index (χ1) is 16.8. The molecule has 2 atom stereocenters. The van der Waals surface area contributed by atoms with Gasteiger partial charge in [0.15, 0.2) is 0 Å². The SMILES string of the molecule is Clc1ccccc1-c1cccnc1S[C@@H](c1ccccc1)[C@@H]1CN(Cc2ccccc2)CCO1. The number of nitrogens with zero attached hydrogens (tertiary/aromatic N) is 2. The smallest absolute Gasteiger partial charge is 0.105 e. The molecule has 2 heterocycles. The van der Waals surface area contributed by atoms with E-state index >= 15 is 0 Å². The van der Waals surface area contributed by atoms with E-state index in [2.05, 4.69) is 77.7 Å². The number of halogens is 1. The van der Waals surface area contributed by atoms with Crippen molar-refractivity contribution in [3.63, 3.8) is 0 Å². The molecule has 0 amide bonds. The van der Waals surface area contributed by atoms with Gasteiger partial charge < -0.3 is 4.74 Å². The van der Waals surface area contributed by atoms with Gasteiger partial charge in [0.2, 0.25) is 0 Å². The molecule has 0 spiro atoms.